The van der Waals surface area contributed by atoms with Crippen LogP contribution in [0.5, 0.6) is 5.88 Å². The molecule has 2 aromatic rings. The van der Waals surface area contributed by atoms with Gasteiger partial charge in [0.2, 0.25) is 11.8 Å². The highest BCUT2D eigenvalue weighted by Crippen LogP contribution is 2.28. The van der Waals surface area contributed by atoms with Crippen LogP contribution in [-0.2, 0) is 11.0 Å². The summed E-state index contributed by atoms with van der Waals surface area (Å²) in [5.74, 6) is -0.610. The summed E-state index contributed by atoms with van der Waals surface area (Å²) in [4.78, 5) is 24.3. The lowest BCUT2D eigenvalue weighted by Gasteiger charge is -2.26. The zero-order chi connectivity index (χ0) is 19.6. The molecule has 3 rings (SSSR count). The Morgan fingerprint density at radius 2 is 2.19 bits per heavy atom. The van der Waals surface area contributed by atoms with Crippen LogP contribution >= 0.6 is 0 Å². The predicted octanol–water partition coefficient (Wildman–Crippen LogP) is 0.841. The van der Waals surface area contributed by atoms with Crippen molar-refractivity contribution in [2.45, 2.75) is 6.04 Å². The molecule has 2 heterocycles. The number of benzene rings is 1. The van der Waals surface area contributed by atoms with E-state index in [-0.39, 0.29) is 28.8 Å². The summed E-state index contributed by atoms with van der Waals surface area (Å²) < 4.78 is 32.5. The van der Waals surface area contributed by atoms with Crippen LogP contribution in [-0.4, -0.2) is 50.3 Å². The molecule has 2 unspecified atom stereocenters. The summed E-state index contributed by atoms with van der Waals surface area (Å²) in [6, 6.07) is 3.35. The van der Waals surface area contributed by atoms with Crippen molar-refractivity contribution in [3.05, 3.63) is 47.7 Å². The van der Waals surface area contributed by atoms with Crippen molar-refractivity contribution in [1.82, 2.24) is 14.3 Å². The van der Waals surface area contributed by atoms with Gasteiger partial charge in [-0.05, 0) is 18.2 Å². The fourth-order valence-corrected chi connectivity index (χ4v) is 3.40. The third-order valence-electron chi connectivity index (χ3n) is 3.90. The first-order chi connectivity index (χ1) is 12.9. The molecule has 0 spiro atoms. The largest absolute Gasteiger partial charge is 0.480 e. The Balaban J connectivity index is 1.83. The van der Waals surface area contributed by atoms with Gasteiger partial charge in [0, 0.05) is 18.3 Å². The number of nitrogens with zero attached hydrogens (tertiary/aromatic N) is 4. The SMILES string of the molecule is COc1cnc(C(=O)Nc2ccc(F)c(C3CS(=O)N(C)C(N)=N3)c2)cn1. The van der Waals surface area contributed by atoms with Gasteiger partial charge in [0.15, 0.2) is 0 Å². The van der Waals surface area contributed by atoms with Crippen LogP contribution < -0.4 is 15.8 Å². The molecule has 9 nitrogen and oxygen atoms in total. The Morgan fingerprint density at radius 3 is 2.81 bits per heavy atom. The van der Waals surface area contributed by atoms with Crippen LogP contribution in [0.1, 0.15) is 22.1 Å². The highest BCUT2D eigenvalue weighted by atomic mass is 32.2. The summed E-state index contributed by atoms with van der Waals surface area (Å²) in [6.45, 7) is 0. The van der Waals surface area contributed by atoms with Gasteiger partial charge >= 0.3 is 0 Å². The van der Waals surface area contributed by atoms with Gasteiger partial charge in [0.1, 0.15) is 22.5 Å². The minimum Gasteiger partial charge on any atom is -0.480 e. The monoisotopic (exact) mass is 392 g/mol. The molecule has 0 aliphatic carbocycles. The van der Waals surface area contributed by atoms with E-state index in [1.165, 1.54) is 42.0 Å². The van der Waals surface area contributed by atoms with Gasteiger partial charge in [-0.25, -0.2) is 23.6 Å². The number of carbonyl (C=O) groups excluding carboxylic acids is 1. The van der Waals surface area contributed by atoms with Gasteiger partial charge < -0.3 is 15.8 Å². The Kier molecular flexibility index (Phi) is 5.31. The molecule has 0 bridgehead atoms. The van der Waals surface area contributed by atoms with Gasteiger partial charge in [-0.2, -0.15) is 0 Å². The maximum absolute atomic E-state index is 14.3. The Hall–Kier alpha value is -3.08. The number of ether oxygens (including phenoxy) is 1. The molecular formula is C16H17FN6O3S. The topological polar surface area (TPSA) is 123 Å². The maximum Gasteiger partial charge on any atom is 0.275 e. The third-order valence-corrected chi connectivity index (χ3v) is 5.30. The minimum atomic E-state index is -1.41. The van der Waals surface area contributed by atoms with E-state index in [4.69, 9.17) is 10.5 Å². The summed E-state index contributed by atoms with van der Waals surface area (Å²) in [6.07, 6.45) is 2.58. The zero-order valence-corrected chi connectivity index (χ0v) is 15.4. The average molecular weight is 392 g/mol. The van der Waals surface area contributed by atoms with Gasteiger partial charge in [0.25, 0.3) is 5.91 Å². The summed E-state index contributed by atoms with van der Waals surface area (Å²) >= 11 is 0. The van der Waals surface area contributed by atoms with Crippen molar-refractivity contribution in [2.24, 2.45) is 10.7 Å². The van der Waals surface area contributed by atoms with Crippen LogP contribution in [0.2, 0.25) is 0 Å². The second-order valence-electron chi connectivity index (χ2n) is 5.62. The van der Waals surface area contributed by atoms with Gasteiger partial charge in [-0.15, -0.1) is 0 Å². The lowest BCUT2D eigenvalue weighted by molar-refractivity contribution is 0.102. The van der Waals surface area contributed by atoms with Crippen molar-refractivity contribution >= 4 is 28.5 Å². The molecule has 1 aromatic carbocycles. The number of carbonyl (C=O) groups is 1. The van der Waals surface area contributed by atoms with E-state index >= 15 is 0 Å². The van der Waals surface area contributed by atoms with Gasteiger partial charge in [-0.1, -0.05) is 0 Å². The predicted molar refractivity (Wildman–Crippen MR) is 98.1 cm³/mol. The van der Waals surface area contributed by atoms with E-state index in [0.717, 1.165) is 0 Å². The van der Waals surface area contributed by atoms with Crippen LogP contribution in [0, 0.1) is 5.82 Å². The number of nitrogens with two attached hydrogens (primary N) is 1. The number of hydrogen-bond acceptors (Lipinski definition) is 7. The number of aliphatic imine (C=N–C) groups is 1. The first-order valence-electron chi connectivity index (χ1n) is 7.81. The molecule has 27 heavy (non-hydrogen) atoms. The van der Waals surface area contributed by atoms with E-state index in [0.29, 0.717) is 5.69 Å². The maximum atomic E-state index is 14.3. The van der Waals surface area contributed by atoms with Gasteiger partial charge in [0.05, 0.1) is 31.3 Å². The summed E-state index contributed by atoms with van der Waals surface area (Å²) in [7, 11) is 1.58. The number of amides is 1. The number of aromatic nitrogens is 2. The highest BCUT2D eigenvalue weighted by molar-refractivity contribution is 7.83. The second kappa shape index (κ2) is 7.66. The molecule has 1 amide bonds. The first kappa shape index (κ1) is 18.7. The molecule has 2 atom stereocenters. The Bertz CT molecular complexity index is 921. The number of nitrogens with one attached hydrogen (secondary N) is 1. The molecular weight excluding hydrogens is 375 g/mol. The van der Waals surface area contributed by atoms with Crippen LogP contribution in [0.4, 0.5) is 10.1 Å². The second-order valence-corrected chi connectivity index (χ2v) is 7.15. The van der Waals surface area contributed by atoms with Crippen molar-refractivity contribution in [2.75, 3.05) is 25.2 Å². The quantitative estimate of drug-likeness (QED) is 0.795. The lowest BCUT2D eigenvalue weighted by atomic mass is 10.1. The van der Waals surface area contributed by atoms with E-state index in [9.17, 15) is 13.4 Å². The standard InChI is InChI=1S/C16H17FN6O3S/c1-23-16(18)22-13(8-27(23)25)10-5-9(3-4-11(10)17)21-15(24)12-6-20-14(26-2)7-19-12/h3-7,13H,8H2,1-2H3,(H2,18,22)(H,21,24). The molecule has 0 fully saturated rings. The average Bonchev–Trinajstić information content (AvgIpc) is 2.67. The molecule has 3 N–H and O–H groups in total. The van der Waals surface area contributed by atoms with E-state index in [2.05, 4.69) is 20.3 Å². The number of guanidine groups is 1. The van der Waals surface area contributed by atoms with E-state index in [1.807, 2.05) is 0 Å². The molecule has 1 aliphatic rings. The minimum absolute atomic E-state index is 0.0620. The summed E-state index contributed by atoms with van der Waals surface area (Å²) in [5.41, 5.74) is 6.34. The van der Waals surface area contributed by atoms with Crippen molar-refractivity contribution < 1.29 is 18.1 Å². The highest BCUT2D eigenvalue weighted by Gasteiger charge is 2.27. The van der Waals surface area contributed by atoms with Crippen LogP contribution in [0.25, 0.3) is 0 Å². The first-order valence-corrected chi connectivity index (χ1v) is 9.09. The zero-order valence-electron chi connectivity index (χ0n) is 14.5. The molecule has 11 heteroatoms. The third kappa shape index (κ3) is 4.03. The molecule has 142 valence electrons. The molecule has 0 radical (unpaired) electrons. The van der Waals surface area contributed by atoms with Gasteiger partial charge in [-0.3, -0.25) is 9.10 Å². The number of halogens is 1. The lowest BCUT2D eigenvalue weighted by Crippen LogP contribution is -2.41. The van der Waals surface area contributed by atoms with Crippen molar-refractivity contribution in [1.29, 1.82) is 0 Å². The van der Waals surface area contributed by atoms with Crippen molar-refractivity contribution in [3.63, 3.8) is 0 Å². The van der Waals surface area contributed by atoms with E-state index in [1.54, 1.807) is 7.05 Å². The fourth-order valence-electron chi connectivity index (χ4n) is 2.40. The summed E-state index contributed by atoms with van der Waals surface area (Å²) in [5, 5.41) is 2.62. The van der Waals surface area contributed by atoms with Crippen molar-refractivity contribution in [3.8, 4) is 5.88 Å². The number of anilines is 1. The number of methoxy groups -OCH3 is 1. The van der Waals surface area contributed by atoms with Crippen LogP contribution in [0.3, 0.4) is 0 Å². The van der Waals surface area contributed by atoms with E-state index < -0.39 is 28.8 Å². The Labute approximate surface area is 157 Å². The van der Waals surface area contributed by atoms with Crippen LogP contribution in [0.15, 0.2) is 35.6 Å². The molecule has 1 aliphatic heterocycles. The number of rotatable bonds is 4. The smallest absolute Gasteiger partial charge is 0.275 e. The fraction of sp³-hybridized carbons (Fsp3) is 0.250. The number of hydrogen-bond donors (Lipinski definition) is 2. The normalized spacial score (nSPS) is 19.4. The molecule has 0 saturated carbocycles. The Morgan fingerprint density at radius 1 is 1.41 bits per heavy atom. The molecule has 0 saturated heterocycles. The molecule has 1 aromatic heterocycles.